The van der Waals surface area contributed by atoms with Crippen molar-refractivity contribution in [3.63, 3.8) is 0 Å². The molecule has 0 aromatic heterocycles. The van der Waals surface area contributed by atoms with Crippen LogP contribution < -0.4 is 5.32 Å². The molecule has 158 valence electrons. The van der Waals surface area contributed by atoms with Gasteiger partial charge >= 0.3 is 6.03 Å². The number of nitrogens with zero attached hydrogens (tertiary/aromatic N) is 3. The largest absolute Gasteiger partial charge is 0.339 e. The first-order valence-corrected chi connectivity index (χ1v) is 11.0. The molecule has 4 rings (SSSR count). The summed E-state index contributed by atoms with van der Waals surface area (Å²) in [7, 11) is 1.98. The van der Waals surface area contributed by atoms with Crippen LogP contribution in [-0.4, -0.2) is 71.9 Å². The summed E-state index contributed by atoms with van der Waals surface area (Å²) in [5.41, 5.74) is 1.03. The SMILES string of the molecule is CC(C)CN1C[C@@H]2C(=O)N(C)C3(CCN(C(=O)NCc4ccccc4)CC3)[C@@H]2C1. The average Bonchev–Trinajstić information content (AvgIpc) is 3.21. The van der Waals surface area contributed by atoms with Gasteiger partial charge in [-0.05, 0) is 24.3 Å². The number of urea groups is 1. The van der Waals surface area contributed by atoms with Crippen molar-refractivity contribution in [1.29, 1.82) is 0 Å². The second-order valence-electron chi connectivity index (χ2n) is 9.46. The van der Waals surface area contributed by atoms with Gasteiger partial charge in [0, 0.05) is 52.2 Å². The lowest BCUT2D eigenvalue weighted by Crippen LogP contribution is -2.57. The molecule has 6 heteroatoms. The molecule has 1 N–H and O–H groups in total. The molecule has 3 saturated heterocycles. The molecule has 3 amide bonds. The van der Waals surface area contributed by atoms with E-state index in [0.717, 1.165) is 38.0 Å². The van der Waals surface area contributed by atoms with Gasteiger partial charge in [-0.3, -0.25) is 4.79 Å². The number of benzene rings is 1. The highest BCUT2D eigenvalue weighted by atomic mass is 16.2. The highest BCUT2D eigenvalue weighted by Crippen LogP contribution is 2.48. The number of fused-ring (bicyclic) bond motifs is 2. The maximum absolute atomic E-state index is 13.0. The molecule has 0 aliphatic carbocycles. The zero-order chi connectivity index (χ0) is 20.6. The number of carbonyl (C=O) groups excluding carboxylic acids is 2. The summed E-state index contributed by atoms with van der Waals surface area (Å²) in [6.07, 6.45) is 1.76. The number of nitrogens with one attached hydrogen (secondary N) is 1. The number of amides is 3. The summed E-state index contributed by atoms with van der Waals surface area (Å²) < 4.78 is 0. The minimum absolute atomic E-state index is 0.0000795. The zero-order valence-corrected chi connectivity index (χ0v) is 17.9. The van der Waals surface area contributed by atoms with Gasteiger partial charge in [0.05, 0.1) is 11.5 Å². The molecule has 2 atom stereocenters. The van der Waals surface area contributed by atoms with Gasteiger partial charge in [0.2, 0.25) is 5.91 Å². The standard InChI is InChI=1S/C23H34N4O2/c1-17(2)14-26-15-19-20(16-26)23(25(3)21(19)28)9-11-27(12-10-23)22(29)24-13-18-7-5-4-6-8-18/h4-8,17,19-20H,9-16H2,1-3H3,(H,24,29)/t19-,20+/m0/s1. The quantitative estimate of drug-likeness (QED) is 0.847. The number of carbonyl (C=O) groups is 2. The third-order valence-corrected chi connectivity index (χ3v) is 7.23. The fourth-order valence-corrected chi connectivity index (χ4v) is 5.75. The molecule has 0 saturated carbocycles. The molecule has 1 aromatic rings. The van der Waals surface area contributed by atoms with Crippen LogP contribution in [0.2, 0.25) is 0 Å². The Morgan fingerprint density at radius 1 is 1.17 bits per heavy atom. The Labute approximate surface area is 174 Å². The summed E-state index contributed by atoms with van der Waals surface area (Å²) in [6, 6.07) is 9.99. The predicted molar refractivity (Wildman–Crippen MR) is 113 cm³/mol. The van der Waals surface area contributed by atoms with E-state index in [1.807, 2.05) is 47.2 Å². The highest BCUT2D eigenvalue weighted by molar-refractivity contribution is 5.84. The molecule has 3 heterocycles. The zero-order valence-electron chi connectivity index (χ0n) is 17.9. The van der Waals surface area contributed by atoms with Crippen LogP contribution in [0, 0.1) is 17.8 Å². The molecular weight excluding hydrogens is 364 g/mol. The maximum atomic E-state index is 13.0. The van der Waals surface area contributed by atoms with E-state index in [-0.39, 0.29) is 17.5 Å². The van der Waals surface area contributed by atoms with Gasteiger partial charge in [0.15, 0.2) is 0 Å². The van der Waals surface area contributed by atoms with Crippen LogP contribution in [0.3, 0.4) is 0 Å². The minimum atomic E-state index is -0.0797. The molecule has 3 aliphatic rings. The van der Waals surface area contributed by atoms with Crippen LogP contribution in [0.25, 0.3) is 0 Å². The lowest BCUT2D eigenvalue weighted by molar-refractivity contribution is -0.133. The monoisotopic (exact) mass is 398 g/mol. The van der Waals surface area contributed by atoms with Crippen molar-refractivity contribution >= 4 is 11.9 Å². The van der Waals surface area contributed by atoms with E-state index in [1.165, 1.54) is 0 Å². The number of hydrogen-bond acceptors (Lipinski definition) is 3. The van der Waals surface area contributed by atoms with Gasteiger partial charge in [-0.1, -0.05) is 44.2 Å². The lowest BCUT2D eigenvalue weighted by Gasteiger charge is -2.46. The van der Waals surface area contributed by atoms with Crippen molar-refractivity contribution < 1.29 is 9.59 Å². The molecular formula is C23H34N4O2. The molecule has 0 unspecified atom stereocenters. The van der Waals surface area contributed by atoms with E-state index in [9.17, 15) is 9.59 Å². The van der Waals surface area contributed by atoms with Crippen LogP contribution in [0.15, 0.2) is 30.3 Å². The van der Waals surface area contributed by atoms with E-state index in [0.29, 0.717) is 37.4 Å². The van der Waals surface area contributed by atoms with Crippen LogP contribution in [0.4, 0.5) is 4.79 Å². The molecule has 6 nitrogen and oxygen atoms in total. The Morgan fingerprint density at radius 3 is 2.52 bits per heavy atom. The van der Waals surface area contributed by atoms with Crippen molar-refractivity contribution in [3.8, 4) is 0 Å². The second kappa shape index (κ2) is 7.98. The molecule has 3 aliphatic heterocycles. The van der Waals surface area contributed by atoms with Gasteiger partial charge in [-0.15, -0.1) is 0 Å². The Bertz CT molecular complexity index is 743. The number of rotatable bonds is 4. The van der Waals surface area contributed by atoms with Crippen LogP contribution in [0.5, 0.6) is 0 Å². The van der Waals surface area contributed by atoms with E-state index >= 15 is 0 Å². The molecule has 1 spiro atoms. The van der Waals surface area contributed by atoms with Gasteiger partial charge in [0.25, 0.3) is 0 Å². The summed E-state index contributed by atoms with van der Waals surface area (Å²) in [6.45, 7) is 9.43. The van der Waals surface area contributed by atoms with Crippen LogP contribution in [-0.2, 0) is 11.3 Å². The normalized spacial score (nSPS) is 26.4. The molecule has 0 radical (unpaired) electrons. The summed E-state index contributed by atoms with van der Waals surface area (Å²) in [5.74, 6) is 1.46. The number of likely N-dealkylation sites (tertiary alicyclic amines) is 3. The molecule has 0 bridgehead atoms. The number of piperidine rings is 1. The first kappa shape index (κ1) is 20.2. The average molecular weight is 399 g/mol. The lowest BCUT2D eigenvalue weighted by atomic mass is 9.75. The van der Waals surface area contributed by atoms with Crippen LogP contribution >= 0.6 is 0 Å². The Morgan fingerprint density at radius 2 is 1.86 bits per heavy atom. The van der Waals surface area contributed by atoms with Gasteiger partial charge in [-0.25, -0.2) is 4.79 Å². The first-order valence-electron chi connectivity index (χ1n) is 11.0. The fraction of sp³-hybridized carbons (Fsp3) is 0.652. The smallest absolute Gasteiger partial charge is 0.317 e. The van der Waals surface area contributed by atoms with E-state index in [4.69, 9.17) is 0 Å². The summed E-state index contributed by atoms with van der Waals surface area (Å²) >= 11 is 0. The Balaban J connectivity index is 1.37. The number of hydrogen-bond donors (Lipinski definition) is 1. The molecule has 29 heavy (non-hydrogen) atoms. The predicted octanol–water partition coefficient (Wildman–Crippen LogP) is 2.41. The third kappa shape index (κ3) is 3.75. The highest BCUT2D eigenvalue weighted by Gasteiger charge is 2.60. The summed E-state index contributed by atoms with van der Waals surface area (Å²) in [5, 5.41) is 3.04. The first-order chi connectivity index (χ1) is 13.9. The minimum Gasteiger partial charge on any atom is -0.339 e. The topological polar surface area (TPSA) is 55.9 Å². The van der Waals surface area contributed by atoms with Crippen molar-refractivity contribution in [2.75, 3.05) is 39.8 Å². The van der Waals surface area contributed by atoms with E-state index in [2.05, 4.69) is 24.1 Å². The molecule has 1 aromatic carbocycles. The van der Waals surface area contributed by atoms with Crippen LogP contribution in [0.1, 0.15) is 32.3 Å². The fourth-order valence-electron chi connectivity index (χ4n) is 5.75. The van der Waals surface area contributed by atoms with Gasteiger partial charge in [0.1, 0.15) is 0 Å². The summed E-state index contributed by atoms with van der Waals surface area (Å²) in [4.78, 5) is 32.1. The van der Waals surface area contributed by atoms with Gasteiger partial charge in [-0.2, -0.15) is 0 Å². The van der Waals surface area contributed by atoms with E-state index in [1.54, 1.807) is 0 Å². The van der Waals surface area contributed by atoms with E-state index < -0.39 is 0 Å². The molecule has 3 fully saturated rings. The van der Waals surface area contributed by atoms with Crippen molar-refractivity contribution in [2.45, 2.75) is 38.8 Å². The maximum Gasteiger partial charge on any atom is 0.317 e. The Hall–Kier alpha value is -2.08. The Kier molecular flexibility index (Phi) is 5.56. The van der Waals surface area contributed by atoms with Crippen molar-refractivity contribution in [3.05, 3.63) is 35.9 Å². The second-order valence-corrected chi connectivity index (χ2v) is 9.46. The van der Waals surface area contributed by atoms with Crippen molar-refractivity contribution in [1.82, 2.24) is 20.0 Å². The third-order valence-electron chi connectivity index (χ3n) is 7.23. The van der Waals surface area contributed by atoms with Gasteiger partial charge < -0.3 is 20.0 Å². The van der Waals surface area contributed by atoms with Crippen molar-refractivity contribution in [2.24, 2.45) is 17.8 Å².